The zero-order valence-electron chi connectivity index (χ0n) is 10.4. The number of rotatable bonds is 8. The smallest absolute Gasteiger partial charge is 0.126 e. The Morgan fingerprint density at radius 2 is 2.18 bits per heavy atom. The SMILES string of the molecule is C=CCOc1cc(OCCC)ccc1CCN. The molecule has 17 heavy (non-hydrogen) atoms. The van der Waals surface area contributed by atoms with E-state index in [1.807, 2.05) is 18.2 Å². The molecule has 3 heteroatoms. The molecule has 0 saturated heterocycles. The standard InChI is InChI=1S/C14H21NO2/c1-3-9-16-13-6-5-12(7-8-15)14(11-13)17-10-4-2/h4-6,11H,2-3,7-10,15H2,1H3. The monoisotopic (exact) mass is 235 g/mol. The third kappa shape index (κ3) is 4.49. The number of nitrogens with two attached hydrogens (primary N) is 1. The maximum atomic E-state index is 5.61. The summed E-state index contributed by atoms with van der Waals surface area (Å²) in [5, 5.41) is 0. The summed E-state index contributed by atoms with van der Waals surface area (Å²) in [5.41, 5.74) is 6.68. The molecular weight excluding hydrogens is 214 g/mol. The van der Waals surface area contributed by atoms with Crippen LogP contribution in [0.4, 0.5) is 0 Å². The molecule has 0 unspecified atom stereocenters. The van der Waals surface area contributed by atoms with Gasteiger partial charge in [-0.25, -0.2) is 0 Å². The van der Waals surface area contributed by atoms with E-state index in [4.69, 9.17) is 15.2 Å². The van der Waals surface area contributed by atoms with Crippen LogP contribution in [0.1, 0.15) is 18.9 Å². The zero-order chi connectivity index (χ0) is 12.5. The van der Waals surface area contributed by atoms with Crippen molar-refractivity contribution in [1.29, 1.82) is 0 Å². The molecule has 0 heterocycles. The number of ether oxygens (including phenoxy) is 2. The minimum atomic E-state index is 0.495. The van der Waals surface area contributed by atoms with Gasteiger partial charge in [-0.3, -0.25) is 0 Å². The van der Waals surface area contributed by atoms with Crippen LogP contribution < -0.4 is 15.2 Å². The Morgan fingerprint density at radius 1 is 1.35 bits per heavy atom. The summed E-state index contributed by atoms with van der Waals surface area (Å²) >= 11 is 0. The average Bonchev–Trinajstić information content (AvgIpc) is 2.36. The van der Waals surface area contributed by atoms with Crippen molar-refractivity contribution in [3.63, 3.8) is 0 Å². The van der Waals surface area contributed by atoms with Gasteiger partial charge in [-0.05, 0) is 31.0 Å². The Kier molecular flexibility index (Phi) is 6.18. The van der Waals surface area contributed by atoms with Crippen LogP contribution in [0, 0.1) is 0 Å². The van der Waals surface area contributed by atoms with Gasteiger partial charge in [0.1, 0.15) is 18.1 Å². The molecule has 0 fully saturated rings. The normalized spacial score (nSPS) is 10.0. The largest absolute Gasteiger partial charge is 0.493 e. The summed E-state index contributed by atoms with van der Waals surface area (Å²) < 4.78 is 11.2. The van der Waals surface area contributed by atoms with Gasteiger partial charge in [0.05, 0.1) is 6.61 Å². The summed E-state index contributed by atoms with van der Waals surface area (Å²) in [4.78, 5) is 0. The Morgan fingerprint density at radius 3 is 2.82 bits per heavy atom. The van der Waals surface area contributed by atoms with Gasteiger partial charge in [0, 0.05) is 6.07 Å². The van der Waals surface area contributed by atoms with Gasteiger partial charge >= 0.3 is 0 Å². The first-order chi connectivity index (χ1) is 8.31. The van der Waals surface area contributed by atoms with Crippen LogP contribution in [0.15, 0.2) is 30.9 Å². The first kappa shape index (κ1) is 13.6. The Hall–Kier alpha value is -1.48. The molecule has 3 nitrogen and oxygen atoms in total. The van der Waals surface area contributed by atoms with Crippen LogP contribution >= 0.6 is 0 Å². The first-order valence-corrected chi connectivity index (χ1v) is 6.01. The van der Waals surface area contributed by atoms with Gasteiger partial charge in [-0.15, -0.1) is 0 Å². The number of hydrogen-bond acceptors (Lipinski definition) is 3. The van der Waals surface area contributed by atoms with Crippen LogP contribution in [-0.2, 0) is 6.42 Å². The van der Waals surface area contributed by atoms with E-state index in [0.29, 0.717) is 13.2 Å². The molecule has 0 aromatic heterocycles. The fraction of sp³-hybridized carbons (Fsp3) is 0.429. The third-order valence-electron chi connectivity index (χ3n) is 2.28. The lowest BCUT2D eigenvalue weighted by Crippen LogP contribution is -2.06. The predicted molar refractivity (Wildman–Crippen MR) is 70.7 cm³/mol. The first-order valence-electron chi connectivity index (χ1n) is 6.01. The van der Waals surface area contributed by atoms with E-state index in [2.05, 4.69) is 13.5 Å². The lowest BCUT2D eigenvalue weighted by atomic mass is 10.1. The molecule has 0 aliphatic carbocycles. The second-order valence-electron chi connectivity index (χ2n) is 3.76. The molecule has 0 atom stereocenters. The fourth-order valence-electron chi connectivity index (χ4n) is 1.49. The molecule has 1 rings (SSSR count). The van der Waals surface area contributed by atoms with Crippen molar-refractivity contribution >= 4 is 0 Å². The van der Waals surface area contributed by atoms with E-state index in [9.17, 15) is 0 Å². The molecule has 0 bridgehead atoms. The second kappa shape index (κ2) is 7.74. The highest BCUT2D eigenvalue weighted by molar-refractivity contribution is 5.41. The lowest BCUT2D eigenvalue weighted by Gasteiger charge is -2.12. The van der Waals surface area contributed by atoms with Gasteiger partial charge in [-0.2, -0.15) is 0 Å². The summed E-state index contributed by atoms with van der Waals surface area (Å²) in [5.74, 6) is 1.68. The van der Waals surface area contributed by atoms with Crippen LogP contribution in [-0.4, -0.2) is 19.8 Å². The van der Waals surface area contributed by atoms with Gasteiger partial charge in [0.15, 0.2) is 0 Å². The molecule has 1 aromatic rings. The Bertz CT molecular complexity index is 350. The summed E-state index contributed by atoms with van der Waals surface area (Å²) in [6.45, 7) is 7.55. The van der Waals surface area contributed by atoms with Crippen molar-refractivity contribution in [3.05, 3.63) is 36.4 Å². The van der Waals surface area contributed by atoms with E-state index in [1.165, 1.54) is 0 Å². The minimum absolute atomic E-state index is 0.495. The number of hydrogen-bond donors (Lipinski definition) is 1. The van der Waals surface area contributed by atoms with Crippen molar-refractivity contribution in [2.75, 3.05) is 19.8 Å². The maximum absolute atomic E-state index is 5.61. The highest BCUT2D eigenvalue weighted by Crippen LogP contribution is 2.25. The van der Waals surface area contributed by atoms with Gasteiger partial charge in [0.25, 0.3) is 0 Å². The molecule has 2 N–H and O–H groups in total. The topological polar surface area (TPSA) is 44.5 Å². The minimum Gasteiger partial charge on any atom is -0.493 e. The van der Waals surface area contributed by atoms with Crippen molar-refractivity contribution in [2.24, 2.45) is 5.73 Å². The average molecular weight is 235 g/mol. The second-order valence-corrected chi connectivity index (χ2v) is 3.76. The van der Waals surface area contributed by atoms with E-state index in [1.54, 1.807) is 6.08 Å². The van der Waals surface area contributed by atoms with Crippen LogP contribution in [0.3, 0.4) is 0 Å². The highest BCUT2D eigenvalue weighted by Gasteiger charge is 2.05. The van der Waals surface area contributed by atoms with Gasteiger partial charge < -0.3 is 15.2 Å². The molecular formula is C14H21NO2. The van der Waals surface area contributed by atoms with E-state index in [-0.39, 0.29) is 0 Å². The van der Waals surface area contributed by atoms with Crippen LogP contribution in [0.2, 0.25) is 0 Å². The van der Waals surface area contributed by atoms with Crippen molar-refractivity contribution in [3.8, 4) is 11.5 Å². The van der Waals surface area contributed by atoms with Gasteiger partial charge in [-0.1, -0.05) is 25.6 Å². The third-order valence-corrected chi connectivity index (χ3v) is 2.28. The molecule has 1 aromatic carbocycles. The van der Waals surface area contributed by atoms with E-state index in [0.717, 1.165) is 36.5 Å². The molecule has 0 spiro atoms. The summed E-state index contributed by atoms with van der Waals surface area (Å²) in [7, 11) is 0. The predicted octanol–water partition coefficient (Wildman–Crippen LogP) is 2.54. The van der Waals surface area contributed by atoms with Crippen LogP contribution in [0.25, 0.3) is 0 Å². The zero-order valence-corrected chi connectivity index (χ0v) is 10.4. The molecule has 0 saturated carbocycles. The van der Waals surface area contributed by atoms with Crippen LogP contribution in [0.5, 0.6) is 11.5 Å². The Balaban J connectivity index is 2.80. The molecule has 0 aliphatic rings. The Labute approximate surface area is 103 Å². The van der Waals surface area contributed by atoms with Gasteiger partial charge in [0.2, 0.25) is 0 Å². The van der Waals surface area contributed by atoms with Crippen molar-refractivity contribution in [2.45, 2.75) is 19.8 Å². The highest BCUT2D eigenvalue weighted by atomic mass is 16.5. The summed E-state index contributed by atoms with van der Waals surface area (Å²) in [6, 6.07) is 5.89. The maximum Gasteiger partial charge on any atom is 0.126 e. The number of benzene rings is 1. The molecule has 0 amide bonds. The molecule has 94 valence electrons. The molecule has 0 aliphatic heterocycles. The molecule has 0 radical (unpaired) electrons. The van der Waals surface area contributed by atoms with Crippen molar-refractivity contribution < 1.29 is 9.47 Å². The van der Waals surface area contributed by atoms with E-state index < -0.39 is 0 Å². The summed E-state index contributed by atoms with van der Waals surface area (Å²) in [6.07, 6.45) is 3.53. The van der Waals surface area contributed by atoms with Crippen molar-refractivity contribution in [1.82, 2.24) is 0 Å². The quantitative estimate of drug-likeness (QED) is 0.704. The van der Waals surface area contributed by atoms with E-state index >= 15 is 0 Å². The fourth-order valence-corrected chi connectivity index (χ4v) is 1.49. The lowest BCUT2D eigenvalue weighted by molar-refractivity contribution is 0.311.